The van der Waals surface area contributed by atoms with E-state index >= 15 is 0 Å². The van der Waals surface area contributed by atoms with E-state index in [0.717, 1.165) is 5.69 Å². The number of para-hydroxylation sites is 1. The predicted octanol–water partition coefficient (Wildman–Crippen LogP) is 3.17. The average Bonchev–Trinajstić information content (AvgIpc) is 3.00. The topological polar surface area (TPSA) is 59.8 Å². The van der Waals surface area contributed by atoms with Gasteiger partial charge in [0.2, 0.25) is 0 Å². The molecule has 1 aromatic carbocycles. The quantitative estimate of drug-likeness (QED) is 0.756. The molecule has 2 heterocycles. The Labute approximate surface area is 126 Å². The lowest BCUT2D eigenvalue weighted by Gasteiger charge is -2.04. The monoisotopic (exact) mass is 298 g/mol. The van der Waals surface area contributed by atoms with Crippen molar-refractivity contribution in [3.8, 4) is 5.69 Å². The van der Waals surface area contributed by atoms with Gasteiger partial charge in [-0.25, -0.2) is 9.67 Å². The lowest BCUT2D eigenvalue weighted by Crippen LogP contribution is -2.11. The van der Waals surface area contributed by atoms with E-state index in [9.17, 15) is 4.79 Å². The van der Waals surface area contributed by atoms with Crippen LogP contribution in [0.3, 0.4) is 0 Å². The fourth-order valence-electron chi connectivity index (χ4n) is 1.84. The highest BCUT2D eigenvalue weighted by Crippen LogP contribution is 2.18. The molecule has 1 N–H and O–H groups in total. The first kappa shape index (κ1) is 13.3. The SMILES string of the molecule is O=C(Nc1cccnc1Cl)c1cnn(-c2ccccc2)c1. The van der Waals surface area contributed by atoms with Crippen molar-refractivity contribution in [1.82, 2.24) is 14.8 Å². The van der Waals surface area contributed by atoms with Crippen LogP contribution in [0.25, 0.3) is 5.69 Å². The van der Waals surface area contributed by atoms with Crippen LogP contribution in [0.1, 0.15) is 10.4 Å². The number of carbonyl (C=O) groups is 1. The number of aromatic nitrogens is 3. The molecule has 0 radical (unpaired) electrons. The molecule has 0 unspecified atom stereocenters. The summed E-state index contributed by atoms with van der Waals surface area (Å²) in [4.78, 5) is 16.1. The van der Waals surface area contributed by atoms with Crippen LogP contribution < -0.4 is 5.32 Å². The second-order valence-electron chi connectivity index (χ2n) is 4.31. The standard InChI is InChI=1S/C15H11ClN4O/c16-14-13(7-4-8-17-14)19-15(21)11-9-18-20(10-11)12-5-2-1-3-6-12/h1-10H,(H,19,21). The Hall–Kier alpha value is -2.66. The number of rotatable bonds is 3. The lowest BCUT2D eigenvalue weighted by atomic mass is 10.3. The molecule has 5 nitrogen and oxygen atoms in total. The second kappa shape index (κ2) is 5.76. The summed E-state index contributed by atoms with van der Waals surface area (Å²) in [6.45, 7) is 0. The van der Waals surface area contributed by atoms with Gasteiger partial charge >= 0.3 is 0 Å². The van der Waals surface area contributed by atoms with Gasteiger partial charge in [-0.3, -0.25) is 4.79 Å². The molecule has 1 amide bonds. The maximum absolute atomic E-state index is 12.2. The molecule has 6 heteroatoms. The maximum atomic E-state index is 12.2. The second-order valence-corrected chi connectivity index (χ2v) is 4.66. The zero-order chi connectivity index (χ0) is 14.7. The third-order valence-electron chi connectivity index (χ3n) is 2.87. The first-order valence-electron chi connectivity index (χ1n) is 6.26. The molecular formula is C15H11ClN4O. The Kier molecular flexibility index (Phi) is 3.66. The molecule has 3 rings (SSSR count). The van der Waals surface area contributed by atoms with E-state index in [1.54, 1.807) is 29.2 Å². The summed E-state index contributed by atoms with van der Waals surface area (Å²) in [7, 11) is 0. The van der Waals surface area contributed by atoms with E-state index in [-0.39, 0.29) is 11.1 Å². The zero-order valence-corrected chi connectivity index (χ0v) is 11.7. The summed E-state index contributed by atoms with van der Waals surface area (Å²) in [6, 6.07) is 13.0. The highest BCUT2D eigenvalue weighted by Gasteiger charge is 2.11. The Bertz CT molecular complexity index is 770. The van der Waals surface area contributed by atoms with Crippen molar-refractivity contribution >= 4 is 23.2 Å². The van der Waals surface area contributed by atoms with Gasteiger partial charge in [0, 0.05) is 12.4 Å². The molecule has 104 valence electrons. The molecule has 0 aliphatic rings. The van der Waals surface area contributed by atoms with E-state index in [1.165, 1.54) is 6.20 Å². The third kappa shape index (κ3) is 2.93. The molecule has 3 aromatic rings. The van der Waals surface area contributed by atoms with Gasteiger partial charge in [0.15, 0.2) is 5.15 Å². The number of nitrogens with zero attached hydrogens (tertiary/aromatic N) is 3. The molecule has 0 atom stereocenters. The molecule has 21 heavy (non-hydrogen) atoms. The molecule has 0 saturated heterocycles. The van der Waals surface area contributed by atoms with E-state index in [0.29, 0.717) is 11.3 Å². The van der Waals surface area contributed by atoms with Crippen LogP contribution in [0.2, 0.25) is 5.15 Å². The minimum atomic E-state index is -0.285. The summed E-state index contributed by atoms with van der Waals surface area (Å²) < 4.78 is 1.64. The van der Waals surface area contributed by atoms with Crippen molar-refractivity contribution in [2.45, 2.75) is 0 Å². The van der Waals surface area contributed by atoms with E-state index in [1.807, 2.05) is 30.3 Å². The summed E-state index contributed by atoms with van der Waals surface area (Å²) in [5.74, 6) is -0.285. The van der Waals surface area contributed by atoms with Gasteiger partial charge in [0.25, 0.3) is 5.91 Å². The van der Waals surface area contributed by atoms with Crippen LogP contribution in [-0.4, -0.2) is 20.7 Å². The highest BCUT2D eigenvalue weighted by atomic mass is 35.5. The Morgan fingerprint density at radius 1 is 1.14 bits per heavy atom. The van der Waals surface area contributed by atoms with Crippen molar-refractivity contribution in [1.29, 1.82) is 0 Å². The summed E-state index contributed by atoms with van der Waals surface area (Å²) in [5, 5.41) is 7.13. The van der Waals surface area contributed by atoms with Crippen LogP contribution in [-0.2, 0) is 0 Å². The van der Waals surface area contributed by atoms with Crippen LogP contribution in [0.5, 0.6) is 0 Å². The number of hydrogen-bond acceptors (Lipinski definition) is 3. The zero-order valence-electron chi connectivity index (χ0n) is 10.9. The van der Waals surface area contributed by atoms with Gasteiger partial charge in [0.05, 0.1) is 23.1 Å². The average molecular weight is 299 g/mol. The first-order valence-corrected chi connectivity index (χ1v) is 6.64. The van der Waals surface area contributed by atoms with E-state index < -0.39 is 0 Å². The van der Waals surface area contributed by atoms with Crippen molar-refractivity contribution in [2.75, 3.05) is 5.32 Å². The predicted molar refractivity (Wildman–Crippen MR) is 80.8 cm³/mol. The number of halogens is 1. The number of amides is 1. The molecule has 0 fully saturated rings. The number of hydrogen-bond donors (Lipinski definition) is 1. The lowest BCUT2D eigenvalue weighted by molar-refractivity contribution is 0.102. The van der Waals surface area contributed by atoms with Crippen molar-refractivity contribution in [2.24, 2.45) is 0 Å². The molecule has 0 saturated carbocycles. The van der Waals surface area contributed by atoms with Gasteiger partial charge in [0.1, 0.15) is 0 Å². The van der Waals surface area contributed by atoms with Crippen molar-refractivity contribution in [3.63, 3.8) is 0 Å². The molecule has 0 aliphatic heterocycles. The number of anilines is 1. The maximum Gasteiger partial charge on any atom is 0.258 e. The van der Waals surface area contributed by atoms with Crippen molar-refractivity contribution in [3.05, 3.63) is 71.8 Å². The first-order chi connectivity index (χ1) is 10.2. The normalized spacial score (nSPS) is 10.3. The summed E-state index contributed by atoms with van der Waals surface area (Å²) in [5.41, 5.74) is 1.80. The van der Waals surface area contributed by atoms with E-state index in [2.05, 4.69) is 15.4 Å². The summed E-state index contributed by atoms with van der Waals surface area (Å²) >= 11 is 5.91. The minimum absolute atomic E-state index is 0.251. The highest BCUT2D eigenvalue weighted by molar-refractivity contribution is 6.32. The van der Waals surface area contributed by atoms with Gasteiger partial charge < -0.3 is 5.32 Å². The smallest absolute Gasteiger partial charge is 0.258 e. The fraction of sp³-hybridized carbons (Fsp3) is 0. The molecule has 0 spiro atoms. The number of pyridine rings is 1. The molecule has 2 aromatic heterocycles. The number of carbonyl (C=O) groups excluding carboxylic acids is 1. The number of benzene rings is 1. The Morgan fingerprint density at radius 3 is 2.71 bits per heavy atom. The van der Waals surface area contributed by atoms with Crippen LogP contribution >= 0.6 is 11.6 Å². The molecule has 0 aliphatic carbocycles. The van der Waals surface area contributed by atoms with Gasteiger partial charge in [-0.05, 0) is 24.3 Å². The van der Waals surface area contributed by atoms with Crippen molar-refractivity contribution < 1.29 is 4.79 Å². The Balaban J connectivity index is 1.80. The molecular weight excluding hydrogens is 288 g/mol. The minimum Gasteiger partial charge on any atom is -0.319 e. The Morgan fingerprint density at radius 2 is 1.95 bits per heavy atom. The molecule has 0 bridgehead atoms. The third-order valence-corrected chi connectivity index (χ3v) is 3.17. The van der Waals surface area contributed by atoms with Crippen LogP contribution in [0.15, 0.2) is 61.1 Å². The number of nitrogens with one attached hydrogen (secondary N) is 1. The van der Waals surface area contributed by atoms with Gasteiger partial charge in [-0.15, -0.1) is 0 Å². The van der Waals surface area contributed by atoms with Crippen LogP contribution in [0.4, 0.5) is 5.69 Å². The van der Waals surface area contributed by atoms with E-state index in [4.69, 9.17) is 11.6 Å². The fourth-order valence-corrected chi connectivity index (χ4v) is 2.00. The summed E-state index contributed by atoms with van der Waals surface area (Å²) in [6.07, 6.45) is 4.73. The largest absolute Gasteiger partial charge is 0.319 e. The van der Waals surface area contributed by atoms with Gasteiger partial charge in [-0.1, -0.05) is 29.8 Å². The van der Waals surface area contributed by atoms with Gasteiger partial charge in [-0.2, -0.15) is 5.10 Å². The van der Waals surface area contributed by atoms with Crippen LogP contribution in [0, 0.1) is 0 Å².